The second-order valence-corrected chi connectivity index (χ2v) is 7.50. The number of likely N-dealkylation sites (tertiary alicyclic amines) is 1. The number of amides is 2. The Hall–Kier alpha value is -1.56. The molecular formula is C19H31N3O3. The Morgan fingerprint density at radius 1 is 1.20 bits per heavy atom. The van der Waals surface area contributed by atoms with Crippen molar-refractivity contribution < 1.29 is 14.3 Å². The van der Waals surface area contributed by atoms with Gasteiger partial charge in [-0.25, -0.2) is 9.59 Å². The van der Waals surface area contributed by atoms with E-state index in [1.807, 2.05) is 13.8 Å². The Kier molecular flexibility index (Phi) is 5.99. The van der Waals surface area contributed by atoms with Crippen LogP contribution < -0.4 is 10.6 Å². The lowest BCUT2D eigenvalue weighted by atomic mass is 9.75. The van der Waals surface area contributed by atoms with Crippen LogP contribution in [-0.2, 0) is 9.53 Å². The number of esters is 1. The molecule has 6 nitrogen and oxygen atoms in total. The zero-order valence-corrected chi connectivity index (χ0v) is 15.5. The number of hydrogen-bond donors (Lipinski definition) is 2. The van der Waals surface area contributed by atoms with E-state index in [1.165, 1.54) is 32.1 Å². The summed E-state index contributed by atoms with van der Waals surface area (Å²) in [5, 5.41) is 5.72. The largest absolute Gasteiger partial charge is 0.463 e. The fourth-order valence-corrected chi connectivity index (χ4v) is 4.63. The summed E-state index contributed by atoms with van der Waals surface area (Å²) < 4.78 is 5.25. The van der Waals surface area contributed by atoms with Crippen LogP contribution in [0.4, 0.5) is 4.79 Å². The van der Waals surface area contributed by atoms with Crippen molar-refractivity contribution in [3.05, 3.63) is 11.3 Å². The predicted molar refractivity (Wildman–Crippen MR) is 95.9 cm³/mol. The van der Waals surface area contributed by atoms with E-state index < -0.39 is 0 Å². The molecule has 25 heavy (non-hydrogen) atoms. The first-order chi connectivity index (χ1) is 12.1. The van der Waals surface area contributed by atoms with Gasteiger partial charge < -0.3 is 15.4 Å². The minimum atomic E-state index is -0.315. The molecular weight excluding hydrogens is 318 g/mol. The Balaban J connectivity index is 1.76. The molecule has 0 bridgehead atoms. The van der Waals surface area contributed by atoms with Gasteiger partial charge in [0.15, 0.2) is 0 Å². The molecule has 0 radical (unpaired) electrons. The van der Waals surface area contributed by atoms with Crippen molar-refractivity contribution in [2.24, 2.45) is 11.8 Å². The molecule has 3 rings (SSSR count). The van der Waals surface area contributed by atoms with Crippen molar-refractivity contribution in [1.82, 2.24) is 15.5 Å². The second kappa shape index (κ2) is 8.21. The average Bonchev–Trinajstić information content (AvgIpc) is 2.61. The normalized spacial score (nSPS) is 30.3. The summed E-state index contributed by atoms with van der Waals surface area (Å²) >= 11 is 0. The molecule has 0 aromatic carbocycles. The molecule has 0 spiro atoms. The first-order valence-electron chi connectivity index (χ1n) is 9.82. The molecule has 2 N–H and O–H groups in total. The molecule has 6 heteroatoms. The van der Waals surface area contributed by atoms with Crippen LogP contribution in [0.25, 0.3) is 0 Å². The first kappa shape index (κ1) is 18.2. The van der Waals surface area contributed by atoms with Crippen molar-refractivity contribution in [1.29, 1.82) is 0 Å². The average molecular weight is 349 g/mol. The van der Waals surface area contributed by atoms with Gasteiger partial charge in [-0.2, -0.15) is 0 Å². The standard InChI is InChI=1S/C19H31N3O3/c1-3-15-17(18(23)25-4-2)16(21-19(24)20-15)12-22-10-9-13-7-5-6-8-14(13)11-22/h13-15H,3-12H2,1-2H3,(H2,20,21,24)/t13-,14+,15-/m0/s1. The lowest BCUT2D eigenvalue weighted by molar-refractivity contribution is -0.139. The van der Waals surface area contributed by atoms with Crippen LogP contribution in [0.15, 0.2) is 11.3 Å². The van der Waals surface area contributed by atoms with E-state index in [-0.39, 0.29) is 18.0 Å². The quantitative estimate of drug-likeness (QED) is 0.748. The van der Waals surface area contributed by atoms with Gasteiger partial charge in [-0.3, -0.25) is 4.90 Å². The highest BCUT2D eigenvalue weighted by atomic mass is 16.5. The third kappa shape index (κ3) is 4.17. The van der Waals surface area contributed by atoms with Gasteiger partial charge in [0, 0.05) is 18.8 Å². The van der Waals surface area contributed by atoms with Crippen molar-refractivity contribution in [2.45, 2.75) is 58.4 Å². The molecule has 2 fully saturated rings. The van der Waals surface area contributed by atoms with Gasteiger partial charge in [0.25, 0.3) is 0 Å². The molecule has 1 aliphatic carbocycles. The number of nitrogens with one attached hydrogen (secondary N) is 2. The van der Waals surface area contributed by atoms with E-state index in [1.54, 1.807) is 0 Å². The zero-order chi connectivity index (χ0) is 17.8. The van der Waals surface area contributed by atoms with Gasteiger partial charge >= 0.3 is 12.0 Å². The van der Waals surface area contributed by atoms with Gasteiger partial charge in [-0.1, -0.05) is 26.2 Å². The van der Waals surface area contributed by atoms with Gasteiger partial charge in [-0.05, 0) is 44.6 Å². The topological polar surface area (TPSA) is 70.7 Å². The van der Waals surface area contributed by atoms with E-state index in [9.17, 15) is 9.59 Å². The third-order valence-corrected chi connectivity index (χ3v) is 5.90. The maximum Gasteiger partial charge on any atom is 0.337 e. The summed E-state index contributed by atoms with van der Waals surface area (Å²) in [5.74, 6) is 1.33. The highest BCUT2D eigenvalue weighted by Crippen LogP contribution is 2.36. The molecule has 3 aliphatic rings. The fourth-order valence-electron chi connectivity index (χ4n) is 4.63. The van der Waals surface area contributed by atoms with E-state index >= 15 is 0 Å². The van der Waals surface area contributed by atoms with Crippen LogP contribution in [0.5, 0.6) is 0 Å². The smallest absolute Gasteiger partial charge is 0.337 e. The number of piperidine rings is 1. The Morgan fingerprint density at radius 3 is 2.68 bits per heavy atom. The SMILES string of the molecule is CCOC(=O)C1=C(CN2CC[C@@H]3CCCC[C@@H]3C2)NC(=O)N[C@H]1CC. The molecule has 3 atom stereocenters. The molecule has 0 unspecified atom stereocenters. The van der Waals surface area contributed by atoms with Crippen molar-refractivity contribution >= 4 is 12.0 Å². The van der Waals surface area contributed by atoms with Crippen LogP contribution in [0.2, 0.25) is 0 Å². The van der Waals surface area contributed by atoms with Crippen molar-refractivity contribution in [2.75, 3.05) is 26.2 Å². The summed E-state index contributed by atoms with van der Waals surface area (Å²) in [5.41, 5.74) is 1.32. The Bertz CT molecular complexity index is 546. The van der Waals surface area contributed by atoms with Crippen molar-refractivity contribution in [3.8, 4) is 0 Å². The Morgan fingerprint density at radius 2 is 1.96 bits per heavy atom. The number of carbonyl (C=O) groups excluding carboxylic acids is 2. The lowest BCUT2D eigenvalue weighted by Crippen LogP contribution is -2.53. The van der Waals surface area contributed by atoms with Crippen LogP contribution in [0.1, 0.15) is 52.4 Å². The monoisotopic (exact) mass is 349 g/mol. The number of nitrogens with zero attached hydrogens (tertiary/aromatic N) is 1. The summed E-state index contributed by atoms with van der Waals surface area (Å²) in [6.45, 7) is 6.86. The number of urea groups is 1. The maximum atomic E-state index is 12.5. The molecule has 2 aliphatic heterocycles. The third-order valence-electron chi connectivity index (χ3n) is 5.90. The maximum absolute atomic E-state index is 12.5. The molecule has 140 valence electrons. The van der Waals surface area contributed by atoms with Gasteiger partial charge in [-0.15, -0.1) is 0 Å². The fraction of sp³-hybridized carbons (Fsp3) is 0.789. The summed E-state index contributed by atoms with van der Waals surface area (Å²) in [7, 11) is 0. The van der Waals surface area contributed by atoms with E-state index in [0.29, 0.717) is 25.1 Å². The number of rotatable bonds is 5. The van der Waals surface area contributed by atoms with Gasteiger partial charge in [0.1, 0.15) is 0 Å². The van der Waals surface area contributed by atoms with Crippen LogP contribution >= 0.6 is 0 Å². The number of carbonyl (C=O) groups is 2. The van der Waals surface area contributed by atoms with Crippen molar-refractivity contribution in [3.63, 3.8) is 0 Å². The molecule has 2 heterocycles. The first-order valence-corrected chi connectivity index (χ1v) is 9.82. The zero-order valence-electron chi connectivity index (χ0n) is 15.5. The van der Waals surface area contributed by atoms with E-state index in [0.717, 1.165) is 30.6 Å². The van der Waals surface area contributed by atoms with Crippen LogP contribution in [-0.4, -0.2) is 49.2 Å². The number of fused-ring (bicyclic) bond motifs is 1. The van der Waals surface area contributed by atoms with Gasteiger partial charge in [0.2, 0.25) is 0 Å². The van der Waals surface area contributed by atoms with Crippen LogP contribution in [0.3, 0.4) is 0 Å². The number of hydrogen-bond acceptors (Lipinski definition) is 4. The minimum absolute atomic E-state index is 0.220. The molecule has 2 amide bonds. The minimum Gasteiger partial charge on any atom is -0.463 e. The highest BCUT2D eigenvalue weighted by Gasteiger charge is 2.35. The Labute approximate surface area is 150 Å². The molecule has 1 saturated carbocycles. The molecule has 1 saturated heterocycles. The van der Waals surface area contributed by atoms with Crippen LogP contribution in [0, 0.1) is 11.8 Å². The summed E-state index contributed by atoms with van der Waals surface area (Å²) in [4.78, 5) is 26.9. The highest BCUT2D eigenvalue weighted by molar-refractivity contribution is 5.94. The van der Waals surface area contributed by atoms with Gasteiger partial charge in [0.05, 0.1) is 18.2 Å². The lowest BCUT2D eigenvalue weighted by Gasteiger charge is -2.42. The summed E-state index contributed by atoms with van der Waals surface area (Å²) in [6, 6.07) is -0.488. The predicted octanol–water partition coefficient (Wildman–Crippen LogP) is 2.41. The van der Waals surface area contributed by atoms with E-state index in [4.69, 9.17) is 4.74 Å². The molecule has 0 aromatic rings. The number of ether oxygens (including phenoxy) is 1. The molecule has 0 aromatic heterocycles. The second-order valence-electron chi connectivity index (χ2n) is 7.50. The summed E-state index contributed by atoms with van der Waals surface area (Å²) in [6.07, 6.45) is 7.31. The van der Waals surface area contributed by atoms with E-state index in [2.05, 4.69) is 15.5 Å².